The van der Waals surface area contributed by atoms with Crippen molar-refractivity contribution in [3.8, 4) is 0 Å². The van der Waals surface area contributed by atoms with Crippen molar-refractivity contribution < 1.29 is 0 Å². The SMILES string of the molecule is CCCc1cnnc(CC(C)N)n1. The molecule has 0 aromatic carbocycles. The Morgan fingerprint density at radius 2 is 2.31 bits per heavy atom. The summed E-state index contributed by atoms with van der Waals surface area (Å²) < 4.78 is 0. The summed E-state index contributed by atoms with van der Waals surface area (Å²) in [6.45, 7) is 4.06. The van der Waals surface area contributed by atoms with E-state index < -0.39 is 0 Å². The highest BCUT2D eigenvalue weighted by molar-refractivity contribution is 4.97. The summed E-state index contributed by atoms with van der Waals surface area (Å²) in [7, 11) is 0. The van der Waals surface area contributed by atoms with E-state index in [1.807, 2.05) is 6.92 Å². The van der Waals surface area contributed by atoms with Gasteiger partial charge in [0.25, 0.3) is 0 Å². The molecule has 0 aliphatic rings. The first-order valence-electron chi connectivity index (χ1n) is 4.65. The lowest BCUT2D eigenvalue weighted by Crippen LogP contribution is -2.20. The Bertz CT molecular complexity index is 260. The molecule has 0 fully saturated rings. The summed E-state index contributed by atoms with van der Waals surface area (Å²) in [5.41, 5.74) is 6.65. The molecule has 1 aromatic rings. The van der Waals surface area contributed by atoms with E-state index in [4.69, 9.17) is 5.73 Å². The predicted molar refractivity (Wildman–Crippen MR) is 51.2 cm³/mol. The van der Waals surface area contributed by atoms with Crippen molar-refractivity contribution in [2.24, 2.45) is 5.73 Å². The molecule has 13 heavy (non-hydrogen) atoms. The van der Waals surface area contributed by atoms with E-state index in [0.29, 0.717) is 6.42 Å². The third-order valence-electron chi connectivity index (χ3n) is 1.66. The van der Waals surface area contributed by atoms with Gasteiger partial charge in [-0.25, -0.2) is 4.98 Å². The molecule has 1 rings (SSSR count). The summed E-state index contributed by atoms with van der Waals surface area (Å²) in [5, 5.41) is 7.81. The van der Waals surface area contributed by atoms with E-state index in [-0.39, 0.29) is 6.04 Å². The third kappa shape index (κ3) is 3.46. The minimum absolute atomic E-state index is 0.0960. The van der Waals surface area contributed by atoms with Gasteiger partial charge in [-0.2, -0.15) is 5.10 Å². The van der Waals surface area contributed by atoms with Crippen molar-refractivity contribution in [3.63, 3.8) is 0 Å². The molecule has 1 heterocycles. The Hall–Kier alpha value is -1.03. The Morgan fingerprint density at radius 1 is 1.54 bits per heavy atom. The van der Waals surface area contributed by atoms with Crippen LogP contribution in [-0.2, 0) is 12.8 Å². The van der Waals surface area contributed by atoms with Gasteiger partial charge in [0.05, 0.1) is 11.9 Å². The third-order valence-corrected chi connectivity index (χ3v) is 1.66. The van der Waals surface area contributed by atoms with Gasteiger partial charge < -0.3 is 5.73 Å². The van der Waals surface area contributed by atoms with Crippen LogP contribution >= 0.6 is 0 Å². The number of aryl methyl sites for hydroxylation is 1. The normalized spacial score (nSPS) is 12.8. The first-order valence-corrected chi connectivity index (χ1v) is 4.65. The van der Waals surface area contributed by atoms with Gasteiger partial charge >= 0.3 is 0 Å². The van der Waals surface area contributed by atoms with Gasteiger partial charge in [-0.15, -0.1) is 5.10 Å². The molecule has 0 bridgehead atoms. The average Bonchev–Trinajstić information content (AvgIpc) is 2.04. The summed E-state index contributed by atoms with van der Waals surface area (Å²) in [6, 6.07) is 0.0960. The molecule has 0 radical (unpaired) electrons. The van der Waals surface area contributed by atoms with Gasteiger partial charge in [0.15, 0.2) is 5.82 Å². The fourth-order valence-electron chi connectivity index (χ4n) is 1.13. The molecule has 2 N–H and O–H groups in total. The lowest BCUT2D eigenvalue weighted by Gasteiger charge is -2.03. The molecule has 0 aliphatic carbocycles. The Kier molecular flexibility index (Phi) is 3.76. The quantitative estimate of drug-likeness (QED) is 0.741. The molecule has 72 valence electrons. The smallest absolute Gasteiger partial charge is 0.152 e. The molecule has 1 atom stereocenters. The minimum Gasteiger partial charge on any atom is -0.328 e. The van der Waals surface area contributed by atoms with E-state index in [9.17, 15) is 0 Å². The van der Waals surface area contributed by atoms with Crippen LogP contribution in [-0.4, -0.2) is 21.2 Å². The van der Waals surface area contributed by atoms with Gasteiger partial charge in [-0.1, -0.05) is 13.3 Å². The van der Waals surface area contributed by atoms with Gasteiger partial charge in [-0.3, -0.25) is 0 Å². The molecular formula is C9H16N4. The predicted octanol–water partition coefficient (Wildman–Crippen LogP) is 0.714. The second kappa shape index (κ2) is 4.87. The monoisotopic (exact) mass is 180 g/mol. The molecular weight excluding hydrogens is 164 g/mol. The molecule has 4 heteroatoms. The molecule has 1 unspecified atom stereocenters. The van der Waals surface area contributed by atoms with Crippen molar-refractivity contribution in [1.82, 2.24) is 15.2 Å². The lowest BCUT2D eigenvalue weighted by atomic mass is 10.2. The van der Waals surface area contributed by atoms with E-state index in [1.54, 1.807) is 6.20 Å². The van der Waals surface area contributed by atoms with E-state index >= 15 is 0 Å². The highest BCUT2D eigenvalue weighted by atomic mass is 15.1. The van der Waals surface area contributed by atoms with Crippen molar-refractivity contribution in [1.29, 1.82) is 0 Å². The Labute approximate surface area is 78.6 Å². The van der Waals surface area contributed by atoms with Crippen LogP contribution in [0.3, 0.4) is 0 Å². The van der Waals surface area contributed by atoms with Crippen molar-refractivity contribution in [2.75, 3.05) is 0 Å². The number of aromatic nitrogens is 3. The van der Waals surface area contributed by atoms with Gasteiger partial charge in [0.2, 0.25) is 0 Å². The van der Waals surface area contributed by atoms with Crippen molar-refractivity contribution in [3.05, 3.63) is 17.7 Å². The second-order valence-electron chi connectivity index (χ2n) is 3.30. The second-order valence-corrected chi connectivity index (χ2v) is 3.30. The largest absolute Gasteiger partial charge is 0.328 e. The molecule has 0 saturated carbocycles. The van der Waals surface area contributed by atoms with Crippen molar-refractivity contribution in [2.45, 2.75) is 39.2 Å². The molecule has 0 saturated heterocycles. The first kappa shape index (κ1) is 10.1. The highest BCUT2D eigenvalue weighted by Crippen LogP contribution is 1.98. The highest BCUT2D eigenvalue weighted by Gasteiger charge is 2.02. The van der Waals surface area contributed by atoms with Crippen LogP contribution in [0.5, 0.6) is 0 Å². The molecule has 4 nitrogen and oxygen atoms in total. The fraction of sp³-hybridized carbons (Fsp3) is 0.667. The van der Waals surface area contributed by atoms with Crippen LogP contribution in [0.4, 0.5) is 0 Å². The Morgan fingerprint density at radius 3 is 2.92 bits per heavy atom. The van der Waals surface area contributed by atoms with Crippen LogP contribution in [0.1, 0.15) is 31.8 Å². The zero-order valence-electron chi connectivity index (χ0n) is 8.20. The number of hydrogen-bond acceptors (Lipinski definition) is 4. The Balaban J connectivity index is 2.67. The number of nitrogens with two attached hydrogens (primary N) is 1. The van der Waals surface area contributed by atoms with Gasteiger partial charge in [0, 0.05) is 12.5 Å². The zero-order valence-corrected chi connectivity index (χ0v) is 8.20. The maximum Gasteiger partial charge on any atom is 0.152 e. The zero-order chi connectivity index (χ0) is 9.68. The first-order chi connectivity index (χ1) is 6.22. The van der Waals surface area contributed by atoms with E-state index in [0.717, 1.165) is 24.4 Å². The van der Waals surface area contributed by atoms with Crippen molar-refractivity contribution >= 4 is 0 Å². The molecule has 0 amide bonds. The lowest BCUT2D eigenvalue weighted by molar-refractivity contribution is 0.673. The van der Waals surface area contributed by atoms with Crippen LogP contribution < -0.4 is 5.73 Å². The minimum atomic E-state index is 0.0960. The number of rotatable bonds is 4. The summed E-state index contributed by atoms with van der Waals surface area (Å²) in [6.07, 6.45) is 4.45. The average molecular weight is 180 g/mol. The maximum absolute atomic E-state index is 5.64. The van der Waals surface area contributed by atoms with Crippen LogP contribution in [0.25, 0.3) is 0 Å². The van der Waals surface area contributed by atoms with E-state index in [2.05, 4.69) is 22.1 Å². The summed E-state index contributed by atoms with van der Waals surface area (Å²) >= 11 is 0. The van der Waals surface area contributed by atoms with Gasteiger partial charge in [-0.05, 0) is 13.3 Å². The van der Waals surface area contributed by atoms with Crippen LogP contribution in [0.2, 0.25) is 0 Å². The summed E-state index contributed by atoms with van der Waals surface area (Å²) in [4.78, 5) is 4.35. The van der Waals surface area contributed by atoms with Crippen LogP contribution in [0.15, 0.2) is 6.20 Å². The topological polar surface area (TPSA) is 64.7 Å². The standard InChI is InChI=1S/C9H16N4/c1-3-4-8-6-11-13-9(12-8)5-7(2)10/h6-7H,3-5,10H2,1-2H3. The number of hydrogen-bond donors (Lipinski definition) is 1. The fourth-order valence-corrected chi connectivity index (χ4v) is 1.13. The molecule has 0 spiro atoms. The maximum atomic E-state index is 5.64. The van der Waals surface area contributed by atoms with Gasteiger partial charge in [0.1, 0.15) is 0 Å². The van der Waals surface area contributed by atoms with Crippen LogP contribution in [0, 0.1) is 0 Å². The number of nitrogens with zero attached hydrogens (tertiary/aromatic N) is 3. The summed E-state index contributed by atoms with van der Waals surface area (Å²) in [5.74, 6) is 0.751. The molecule has 1 aromatic heterocycles. The molecule has 0 aliphatic heterocycles. The van der Waals surface area contributed by atoms with E-state index in [1.165, 1.54) is 0 Å².